The molecule has 1 aromatic heterocycles. The normalized spacial score (nSPS) is 11.9. The van der Waals surface area contributed by atoms with Gasteiger partial charge < -0.3 is 19.2 Å². The van der Waals surface area contributed by atoms with Gasteiger partial charge in [-0.2, -0.15) is 26.3 Å². The van der Waals surface area contributed by atoms with E-state index in [1.807, 2.05) is 0 Å². The van der Waals surface area contributed by atoms with Crippen LogP contribution < -0.4 is 20.2 Å². The quantitative estimate of drug-likeness (QED) is 0.241. The zero-order valence-corrected chi connectivity index (χ0v) is 20.4. The van der Waals surface area contributed by atoms with E-state index in [0.29, 0.717) is 6.07 Å². The van der Waals surface area contributed by atoms with Crippen molar-refractivity contribution in [3.63, 3.8) is 0 Å². The van der Waals surface area contributed by atoms with E-state index in [-0.39, 0.29) is 27.6 Å². The van der Waals surface area contributed by atoms with Gasteiger partial charge in [0.25, 0.3) is 11.7 Å². The molecule has 4 rings (SSSR count). The van der Waals surface area contributed by atoms with Crippen LogP contribution in [0.4, 0.5) is 32.0 Å². The third kappa shape index (κ3) is 6.45. The van der Waals surface area contributed by atoms with Crippen molar-refractivity contribution in [3.8, 4) is 17.2 Å². The van der Waals surface area contributed by atoms with Crippen molar-refractivity contribution < 1.29 is 45.0 Å². The lowest BCUT2D eigenvalue weighted by Crippen LogP contribution is -2.21. The number of anilines is 1. The van der Waals surface area contributed by atoms with Crippen LogP contribution in [0.5, 0.6) is 17.2 Å². The van der Waals surface area contributed by atoms with E-state index in [0.717, 1.165) is 29.8 Å². The van der Waals surface area contributed by atoms with Crippen molar-refractivity contribution in [2.45, 2.75) is 19.3 Å². The van der Waals surface area contributed by atoms with E-state index in [4.69, 9.17) is 25.5 Å². The van der Waals surface area contributed by atoms with E-state index in [1.54, 1.807) is 19.1 Å². The van der Waals surface area contributed by atoms with Gasteiger partial charge in [-0.25, -0.2) is 0 Å². The number of carbonyl (C=O) groups excluding carboxylic acids is 1. The van der Waals surface area contributed by atoms with Crippen LogP contribution >= 0.6 is 11.6 Å². The topological polar surface area (TPSA) is 77.8 Å². The molecule has 6 nitrogen and oxygen atoms in total. The number of hydrogen-bond donors (Lipinski definition) is 1. The minimum Gasteiger partial charge on any atom is -0.484 e. The molecule has 0 radical (unpaired) electrons. The van der Waals surface area contributed by atoms with Gasteiger partial charge in [-0.15, -0.1) is 0 Å². The van der Waals surface area contributed by atoms with Gasteiger partial charge in [0.05, 0.1) is 21.7 Å². The standard InChI is InChI=1S/C26H16ClF6NO5/c1-13-2-5-15(6-3-13)38-23-22(36)17-8-7-16(11-20(17)39-24(23)26(31,32)33)37-12-21(35)34-19-10-14(25(28,29)30)4-9-18(19)27/h2-11H,12H2,1H3,(H,34,35). The van der Waals surface area contributed by atoms with Crippen LogP contribution in [0.1, 0.15) is 16.9 Å². The van der Waals surface area contributed by atoms with E-state index >= 15 is 0 Å². The number of amides is 1. The lowest BCUT2D eigenvalue weighted by molar-refractivity contribution is -0.154. The molecular formula is C26H16ClF6NO5. The molecule has 0 aliphatic carbocycles. The largest absolute Gasteiger partial charge is 0.484 e. The Bertz CT molecular complexity index is 1600. The van der Waals surface area contributed by atoms with Gasteiger partial charge in [0, 0.05) is 6.07 Å². The van der Waals surface area contributed by atoms with Crippen LogP contribution in [0.15, 0.2) is 69.9 Å². The van der Waals surface area contributed by atoms with Crippen LogP contribution in [0.3, 0.4) is 0 Å². The minimum absolute atomic E-state index is 0.00964. The molecule has 39 heavy (non-hydrogen) atoms. The van der Waals surface area contributed by atoms with Gasteiger partial charge >= 0.3 is 12.4 Å². The number of nitrogens with one attached hydrogen (secondary N) is 1. The van der Waals surface area contributed by atoms with Crippen molar-refractivity contribution in [1.29, 1.82) is 0 Å². The van der Waals surface area contributed by atoms with Gasteiger partial charge in [0.1, 0.15) is 17.1 Å². The average Bonchev–Trinajstić information content (AvgIpc) is 2.85. The van der Waals surface area contributed by atoms with Gasteiger partial charge in [0.2, 0.25) is 11.2 Å². The first-order chi connectivity index (χ1) is 18.2. The summed E-state index contributed by atoms with van der Waals surface area (Å²) in [5.74, 6) is -3.80. The highest BCUT2D eigenvalue weighted by Crippen LogP contribution is 2.39. The lowest BCUT2D eigenvalue weighted by Gasteiger charge is -2.14. The molecule has 0 saturated carbocycles. The van der Waals surface area contributed by atoms with Crippen molar-refractivity contribution in [2.75, 3.05) is 11.9 Å². The fourth-order valence-electron chi connectivity index (χ4n) is 3.38. The molecular weight excluding hydrogens is 556 g/mol. The first kappa shape index (κ1) is 27.8. The Morgan fingerprint density at radius 2 is 1.59 bits per heavy atom. The molecule has 0 fully saturated rings. The molecule has 13 heteroatoms. The van der Waals surface area contributed by atoms with Crippen LogP contribution in [0.25, 0.3) is 11.0 Å². The summed E-state index contributed by atoms with van der Waals surface area (Å²) in [6.45, 7) is 1.02. The Labute approximate surface area is 220 Å². The summed E-state index contributed by atoms with van der Waals surface area (Å²) >= 11 is 5.84. The van der Waals surface area contributed by atoms with Crippen LogP contribution in [0, 0.1) is 6.92 Å². The molecule has 0 unspecified atom stereocenters. The molecule has 0 aliphatic rings. The van der Waals surface area contributed by atoms with Crippen LogP contribution in [-0.2, 0) is 17.1 Å². The molecule has 1 heterocycles. The van der Waals surface area contributed by atoms with Crippen LogP contribution in [-0.4, -0.2) is 12.5 Å². The Kier molecular flexibility index (Phi) is 7.51. The number of carbonyl (C=O) groups is 1. The molecule has 0 bridgehead atoms. The first-order valence-electron chi connectivity index (χ1n) is 10.9. The van der Waals surface area contributed by atoms with E-state index in [1.165, 1.54) is 18.2 Å². The lowest BCUT2D eigenvalue weighted by atomic mass is 10.2. The second kappa shape index (κ2) is 10.5. The monoisotopic (exact) mass is 571 g/mol. The summed E-state index contributed by atoms with van der Waals surface area (Å²) in [5, 5.41) is 1.76. The Hall–Kier alpha value is -4.19. The Morgan fingerprint density at radius 1 is 0.923 bits per heavy atom. The summed E-state index contributed by atoms with van der Waals surface area (Å²) in [7, 11) is 0. The minimum atomic E-state index is -5.09. The number of hydrogen-bond acceptors (Lipinski definition) is 5. The molecule has 1 amide bonds. The predicted octanol–water partition coefficient (Wildman–Crippen LogP) is 7.60. The third-order valence-corrected chi connectivity index (χ3v) is 5.59. The maximum absolute atomic E-state index is 13.7. The molecule has 1 N–H and O–H groups in total. The second-order valence-electron chi connectivity index (χ2n) is 8.19. The SMILES string of the molecule is Cc1ccc(Oc2c(C(F)(F)F)oc3cc(OCC(=O)Nc4cc(C(F)(F)F)ccc4Cl)ccc3c2=O)cc1. The number of rotatable bonds is 6. The van der Waals surface area contributed by atoms with Crippen LogP contribution in [0.2, 0.25) is 5.02 Å². The number of ether oxygens (including phenoxy) is 2. The Morgan fingerprint density at radius 3 is 2.23 bits per heavy atom. The highest BCUT2D eigenvalue weighted by Gasteiger charge is 2.40. The number of halogens is 7. The third-order valence-electron chi connectivity index (χ3n) is 5.26. The van der Waals surface area contributed by atoms with Gasteiger partial charge in [-0.3, -0.25) is 9.59 Å². The summed E-state index contributed by atoms with van der Waals surface area (Å²) in [6, 6.07) is 11.6. The summed E-state index contributed by atoms with van der Waals surface area (Å²) < 4.78 is 95.5. The fraction of sp³-hybridized carbons (Fsp3) is 0.154. The molecule has 0 saturated heterocycles. The van der Waals surface area contributed by atoms with E-state index < -0.39 is 53.0 Å². The maximum Gasteiger partial charge on any atom is 0.453 e. The number of benzene rings is 3. The van der Waals surface area contributed by atoms with Crippen molar-refractivity contribution in [1.82, 2.24) is 0 Å². The zero-order valence-electron chi connectivity index (χ0n) is 19.7. The summed E-state index contributed by atoms with van der Waals surface area (Å²) in [5.41, 5.74) is -2.13. The Balaban J connectivity index is 1.57. The van der Waals surface area contributed by atoms with E-state index in [2.05, 4.69) is 5.32 Å². The molecule has 3 aromatic carbocycles. The number of alkyl halides is 6. The smallest absolute Gasteiger partial charge is 0.453 e. The number of fused-ring (bicyclic) bond motifs is 1. The van der Waals surface area contributed by atoms with Crippen molar-refractivity contribution >= 4 is 34.2 Å². The highest BCUT2D eigenvalue weighted by molar-refractivity contribution is 6.33. The second-order valence-corrected chi connectivity index (χ2v) is 8.60. The molecule has 4 aromatic rings. The summed E-state index contributed by atoms with van der Waals surface area (Å²) in [6.07, 6.45) is -9.76. The predicted molar refractivity (Wildman–Crippen MR) is 129 cm³/mol. The van der Waals surface area contributed by atoms with Crippen molar-refractivity contribution in [2.24, 2.45) is 0 Å². The number of aryl methyl sites for hydroxylation is 1. The molecule has 204 valence electrons. The zero-order chi connectivity index (χ0) is 28.5. The van der Waals surface area contributed by atoms with Gasteiger partial charge in [-0.1, -0.05) is 29.3 Å². The molecule has 0 spiro atoms. The molecule has 0 atom stereocenters. The van der Waals surface area contributed by atoms with Gasteiger partial charge in [0.15, 0.2) is 6.61 Å². The average molecular weight is 572 g/mol. The fourth-order valence-corrected chi connectivity index (χ4v) is 3.55. The molecule has 0 aliphatic heterocycles. The maximum atomic E-state index is 13.7. The summed E-state index contributed by atoms with van der Waals surface area (Å²) in [4.78, 5) is 25.1. The van der Waals surface area contributed by atoms with E-state index in [9.17, 15) is 35.9 Å². The van der Waals surface area contributed by atoms with Crippen molar-refractivity contribution in [3.05, 3.63) is 92.8 Å². The highest BCUT2D eigenvalue weighted by atomic mass is 35.5. The first-order valence-corrected chi connectivity index (χ1v) is 11.3. The van der Waals surface area contributed by atoms with Gasteiger partial charge in [-0.05, 0) is 49.4 Å².